The number of aromatic amines is 1. The molecular weight excluding hydrogens is 404 g/mol. The van der Waals surface area contributed by atoms with Crippen molar-refractivity contribution in [1.29, 1.82) is 0 Å². The second-order valence-electron chi connectivity index (χ2n) is 9.14. The number of anilines is 1. The summed E-state index contributed by atoms with van der Waals surface area (Å²) < 4.78 is 11.4. The molecule has 0 saturated carbocycles. The number of hydrogen-bond acceptors (Lipinski definition) is 7. The molecule has 0 aliphatic carbocycles. The van der Waals surface area contributed by atoms with Gasteiger partial charge in [-0.1, -0.05) is 6.07 Å². The van der Waals surface area contributed by atoms with E-state index >= 15 is 0 Å². The van der Waals surface area contributed by atoms with Crippen LogP contribution in [-0.2, 0) is 0 Å². The molecule has 2 aromatic heterocycles. The van der Waals surface area contributed by atoms with Crippen molar-refractivity contribution in [2.24, 2.45) is 0 Å². The maximum absolute atomic E-state index is 5.77. The molecule has 0 amide bonds. The Bertz CT molecular complexity index is 1120. The van der Waals surface area contributed by atoms with E-state index in [1.54, 1.807) is 0 Å². The van der Waals surface area contributed by atoms with Crippen LogP contribution in [0.15, 0.2) is 30.5 Å². The van der Waals surface area contributed by atoms with Crippen molar-refractivity contribution in [3.05, 3.63) is 42.0 Å². The number of para-hydroxylation sites is 1. The standard InChI is InChI=1S/C24H30N6O2/c1-28-11-13-30(14-12-28)18-7-3-5-16-21(18)27-24(26-16)19-8-4-6-17(29(19)2)22-23-20(9-10-25-22)31-15-32-23/h3,5,7,9-10,17,19H,4,6,8,11-15H2,1-2H3,(H,26,27)/t17-,19+/m0/s1. The SMILES string of the molecule is CN1CCN(c2cccc3nc([C@H]4CCC[C@@H](c5nccc6c5OCO6)N4C)[nH]c23)CC1. The molecule has 6 rings (SSSR count). The van der Waals surface area contributed by atoms with Crippen molar-refractivity contribution in [3.8, 4) is 11.5 Å². The molecule has 168 valence electrons. The van der Waals surface area contributed by atoms with Gasteiger partial charge in [-0.15, -0.1) is 0 Å². The molecule has 8 heteroatoms. The van der Waals surface area contributed by atoms with Crippen LogP contribution in [0.1, 0.15) is 42.9 Å². The molecule has 2 fully saturated rings. The highest BCUT2D eigenvalue weighted by molar-refractivity contribution is 5.89. The summed E-state index contributed by atoms with van der Waals surface area (Å²) in [5, 5.41) is 0. The summed E-state index contributed by atoms with van der Waals surface area (Å²) in [5.74, 6) is 2.64. The maximum Gasteiger partial charge on any atom is 0.231 e. The zero-order valence-electron chi connectivity index (χ0n) is 18.8. The third kappa shape index (κ3) is 3.29. The first-order chi connectivity index (χ1) is 15.7. The number of rotatable bonds is 3. The Kier molecular flexibility index (Phi) is 4.91. The molecule has 0 radical (unpaired) electrons. The van der Waals surface area contributed by atoms with Gasteiger partial charge >= 0.3 is 0 Å². The topological polar surface area (TPSA) is 69.8 Å². The average molecular weight is 435 g/mol. The average Bonchev–Trinajstić information content (AvgIpc) is 3.47. The van der Waals surface area contributed by atoms with Crippen LogP contribution in [-0.4, -0.2) is 71.8 Å². The molecule has 5 heterocycles. The van der Waals surface area contributed by atoms with Crippen LogP contribution in [0.5, 0.6) is 11.5 Å². The molecule has 8 nitrogen and oxygen atoms in total. The number of fused-ring (bicyclic) bond motifs is 2. The summed E-state index contributed by atoms with van der Waals surface area (Å²) in [6.07, 6.45) is 5.06. The lowest BCUT2D eigenvalue weighted by Crippen LogP contribution is -2.44. The number of H-pyrrole nitrogens is 1. The van der Waals surface area contributed by atoms with Crippen LogP contribution in [0.4, 0.5) is 5.69 Å². The van der Waals surface area contributed by atoms with Gasteiger partial charge in [0.1, 0.15) is 11.5 Å². The van der Waals surface area contributed by atoms with E-state index < -0.39 is 0 Å². The number of pyridine rings is 1. The Morgan fingerprint density at radius 3 is 2.72 bits per heavy atom. The van der Waals surface area contributed by atoms with Crippen LogP contribution in [0, 0.1) is 0 Å². The minimum atomic E-state index is 0.177. The molecule has 2 saturated heterocycles. The monoisotopic (exact) mass is 434 g/mol. The lowest BCUT2D eigenvalue weighted by atomic mass is 9.93. The van der Waals surface area contributed by atoms with Crippen LogP contribution in [0.3, 0.4) is 0 Å². The fourth-order valence-corrected chi connectivity index (χ4v) is 5.39. The molecule has 1 aromatic carbocycles. The fraction of sp³-hybridized carbons (Fsp3) is 0.500. The third-order valence-electron chi connectivity index (χ3n) is 7.24. The lowest BCUT2D eigenvalue weighted by Gasteiger charge is -2.38. The highest BCUT2D eigenvalue weighted by Gasteiger charge is 2.35. The van der Waals surface area contributed by atoms with E-state index in [1.165, 1.54) is 5.69 Å². The number of likely N-dealkylation sites (tertiary alicyclic amines) is 1. The molecule has 0 bridgehead atoms. The summed E-state index contributed by atoms with van der Waals surface area (Å²) in [5.41, 5.74) is 4.43. The van der Waals surface area contributed by atoms with Gasteiger partial charge in [-0.25, -0.2) is 4.98 Å². The zero-order chi connectivity index (χ0) is 21.7. The van der Waals surface area contributed by atoms with Crippen LogP contribution >= 0.6 is 0 Å². The van der Waals surface area contributed by atoms with Gasteiger partial charge < -0.3 is 24.3 Å². The first-order valence-electron chi connectivity index (χ1n) is 11.6. The Hall–Kier alpha value is -2.84. The number of nitrogens with one attached hydrogen (secondary N) is 1. The van der Waals surface area contributed by atoms with E-state index in [9.17, 15) is 0 Å². The minimum absolute atomic E-state index is 0.177. The summed E-state index contributed by atoms with van der Waals surface area (Å²) in [6.45, 7) is 4.53. The summed E-state index contributed by atoms with van der Waals surface area (Å²) >= 11 is 0. The quantitative estimate of drug-likeness (QED) is 0.678. The molecule has 2 atom stereocenters. The molecule has 3 aromatic rings. The van der Waals surface area contributed by atoms with E-state index in [0.717, 1.165) is 79.5 Å². The second kappa shape index (κ2) is 7.94. The number of benzene rings is 1. The van der Waals surface area contributed by atoms with Crippen molar-refractivity contribution in [3.63, 3.8) is 0 Å². The maximum atomic E-state index is 5.77. The fourth-order valence-electron chi connectivity index (χ4n) is 5.39. The zero-order valence-corrected chi connectivity index (χ0v) is 18.8. The number of piperidine rings is 1. The van der Waals surface area contributed by atoms with E-state index in [0.29, 0.717) is 0 Å². The van der Waals surface area contributed by atoms with Gasteiger partial charge in [-0.05, 0) is 45.5 Å². The van der Waals surface area contributed by atoms with Crippen molar-refractivity contribution in [2.45, 2.75) is 31.3 Å². The normalized spacial score (nSPS) is 24.4. The van der Waals surface area contributed by atoms with Crippen molar-refractivity contribution in [1.82, 2.24) is 24.8 Å². The van der Waals surface area contributed by atoms with Gasteiger partial charge in [0, 0.05) is 38.4 Å². The van der Waals surface area contributed by atoms with E-state index in [-0.39, 0.29) is 18.9 Å². The van der Waals surface area contributed by atoms with E-state index in [2.05, 4.69) is 57.0 Å². The van der Waals surface area contributed by atoms with Gasteiger partial charge in [-0.2, -0.15) is 0 Å². The molecule has 32 heavy (non-hydrogen) atoms. The molecule has 3 aliphatic rings. The predicted molar refractivity (Wildman–Crippen MR) is 123 cm³/mol. The number of likely N-dealkylation sites (N-methyl/N-ethyl adjacent to an activating group) is 1. The van der Waals surface area contributed by atoms with E-state index in [1.807, 2.05) is 12.3 Å². The molecule has 1 N–H and O–H groups in total. The number of ether oxygens (including phenoxy) is 2. The van der Waals surface area contributed by atoms with Crippen LogP contribution < -0.4 is 14.4 Å². The molecular formula is C24H30N6O2. The molecule has 3 aliphatic heterocycles. The number of piperazine rings is 1. The van der Waals surface area contributed by atoms with Crippen molar-refractivity contribution < 1.29 is 9.47 Å². The van der Waals surface area contributed by atoms with Crippen LogP contribution in [0.25, 0.3) is 11.0 Å². The number of hydrogen-bond donors (Lipinski definition) is 1. The Labute approximate surface area is 188 Å². The Balaban J connectivity index is 1.32. The Morgan fingerprint density at radius 1 is 1.00 bits per heavy atom. The largest absolute Gasteiger partial charge is 0.453 e. The lowest BCUT2D eigenvalue weighted by molar-refractivity contribution is 0.103. The Morgan fingerprint density at radius 2 is 1.84 bits per heavy atom. The van der Waals surface area contributed by atoms with Gasteiger partial charge in [0.05, 0.1) is 28.8 Å². The van der Waals surface area contributed by atoms with Gasteiger partial charge in [0.15, 0.2) is 11.5 Å². The minimum Gasteiger partial charge on any atom is -0.453 e. The highest BCUT2D eigenvalue weighted by atomic mass is 16.7. The number of aromatic nitrogens is 3. The van der Waals surface area contributed by atoms with Crippen molar-refractivity contribution >= 4 is 16.7 Å². The highest BCUT2D eigenvalue weighted by Crippen LogP contribution is 2.45. The van der Waals surface area contributed by atoms with Gasteiger partial charge in [0.25, 0.3) is 0 Å². The smallest absolute Gasteiger partial charge is 0.231 e. The third-order valence-corrected chi connectivity index (χ3v) is 7.24. The summed E-state index contributed by atoms with van der Waals surface area (Å²) in [7, 11) is 4.37. The number of imidazole rings is 1. The first-order valence-corrected chi connectivity index (χ1v) is 11.6. The van der Waals surface area contributed by atoms with Gasteiger partial charge in [0.2, 0.25) is 6.79 Å². The van der Waals surface area contributed by atoms with Crippen molar-refractivity contribution in [2.75, 3.05) is 52.0 Å². The summed E-state index contributed by atoms with van der Waals surface area (Å²) in [6, 6.07) is 8.73. The molecule has 0 unspecified atom stereocenters. The van der Waals surface area contributed by atoms with E-state index in [4.69, 9.17) is 14.5 Å². The van der Waals surface area contributed by atoms with Crippen LogP contribution in [0.2, 0.25) is 0 Å². The predicted octanol–water partition coefficient (Wildman–Crippen LogP) is 3.34. The molecule has 0 spiro atoms. The first kappa shape index (κ1) is 19.8. The summed E-state index contributed by atoms with van der Waals surface area (Å²) in [4.78, 5) is 20.7. The van der Waals surface area contributed by atoms with Gasteiger partial charge in [-0.3, -0.25) is 9.88 Å². The number of nitrogens with zero attached hydrogens (tertiary/aromatic N) is 5. The second-order valence-corrected chi connectivity index (χ2v) is 9.14.